The first kappa shape index (κ1) is 14.3. The lowest BCUT2D eigenvalue weighted by molar-refractivity contribution is 0.182. The van der Waals surface area contributed by atoms with E-state index in [-0.39, 0.29) is 0 Å². The number of furan rings is 1. The summed E-state index contributed by atoms with van der Waals surface area (Å²) in [6.07, 6.45) is 0.612. The Bertz CT molecular complexity index is 588. The van der Waals surface area contributed by atoms with Crippen LogP contribution in [0.1, 0.15) is 23.0 Å². The van der Waals surface area contributed by atoms with Gasteiger partial charge in [0.15, 0.2) is 11.5 Å². The van der Waals surface area contributed by atoms with E-state index in [1.54, 1.807) is 31.6 Å². The van der Waals surface area contributed by atoms with Gasteiger partial charge in [-0.2, -0.15) is 0 Å². The monoisotopic (exact) mass is 278 g/mol. The number of benzene rings is 1. The molecule has 0 spiro atoms. The average Bonchev–Trinajstić information content (AvgIpc) is 2.90. The van der Waals surface area contributed by atoms with Crippen molar-refractivity contribution < 1.29 is 23.7 Å². The molecule has 0 aliphatic rings. The minimum atomic E-state index is -0.931. The van der Waals surface area contributed by atoms with Gasteiger partial charge in [0.05, 0.1) is 27.6 Å². The Labute approximate surface area is 117 Å². The summed E-state index contributed by atoms with van der Waals surface area (Å²) < 4.78 is 21.2. The second kappa shape index (κ2) is 5.88. The first-order valence-electron chi connectivity index (χ1n) is 6.15. The van der Waals surface area contributed by atoms with E-state index >= 15 is 0 Å². The summed E-state index contributed by atoms with van der Waals surface area (Å²) in [5, 5.41) is 10.5. The molecule has 0 aliphatic carbocycles. The lowest BCUT2D eigenvalue weighted by atomic mass is 10.0. The van der Waals surface area contributed by atoms with E-state index in [4.69, 9.17) is 18.6 Å². The lowest BCUT2D eigenvalue weighted by Gasteiger charge is -2.18. The van der Waals surface area contributed by atoms with Crippen LogP contribution in [-0.4, -0.2) is 26.4 Å². The van der Waals surface area contributed by atoms with Crippen molar-refractivity contribution in [3.63, 3.8) is 0 Å². The molecule has 108 valence electrons. The van der Waals surface area contributed by atoms with Gasteiger partial charge >= 0.3 is 0 Å². The number of hydrogen-bond donors (Lipinski definition) is 1. The number of aliphatic hydroxyl groups excluding tert-OH is 1. The van der Waals surface area contributed by atoms with Gasteiger partial charge in [-0.25, -0.2) is 0 Å². The molecule has 1 aromatic heterocycles. The predicted molar refractivity (Wildman–Crippen MR) is 73.6 cm³/mol. The van der Waals surface area contributed by atoms with Crippen LogP contribution in [0.25, 0.3) is 0 Å². The molecule has 5 nitrogen and oxygen atoms in total. The number of aliphatic hydroxyl groups is 1. The molecule has 1 aromatic carbocycles. The predicted octanol–water partition coefficient (Wildman–Crippen LogP) is 2.70. The lowest BCUT2D eigenvalue weighted by Crippen LogP contribution is -2.05. The van der Waals surface area contributed by atoms with Crippen LogP contribution < -0.4 is 14.2 Å². The molecule has 0 bridgehead atoms. The van der Waals surface area contributed by atoms with Crippen LogP contribution in [0.15, 0.2) is 28.9 Å². The summed E-state index contributed by atoms with van der Waals surface area (Å²) in [4.78, 5) is 0. The van der Waals surface area contributed by atoms with Crippen molar-refractivity contribution in [3.05, 3.63) is 41.3 Å². The standard InChI is InChI=1S/C15H18O5/c1-9-7-8-20-13(9)12(16)10-5-6-11(17-2)15(19-4)14(10)18-3/h5-8,12,16H,1-4H3. The average molecular weight is 278 g/mol. The SMILES string of the molecule is COc1ccc(C(O)c2occc2C)c(OC)c1OC. The molecular formula is C15H18O5. The fourth-order valence-electron chi connectivity index (χ4n) is 2.15. The van der Waals surface area contributed by atoms with E-state index in [1.165, 1.54) is 14.2 Å². The van der Waals surface area contributed by atoms with Crippen molar-refractivity contribution in [1.29, 1.82) is 0 Å². The molecule has 1 atom stereocenters. The third kappa shape index (κ3) is 2.32. The molecule has 0 amide bonds. The van der Waals surface area contributed by atoms with Crippen LogP contribution >= 0.6 is 0 Å². The number of aryl methyl sites for hydroxylation is 1. The summed E-state index contributed by atoms with van der Waals surface area (Å²) in [5.41, 5.74) is 1.43. The molecule has 20 heavy (non-hydrogen) atoms. The Balaban J connectivity index is 2.54. The molecule has 0 saturated heterocycles. The third-order valence-corrected chi connectivity index (χ3v) is 3.18. The van der Waals surface area contributed by atoms with E-state index in [9.17, 15) is 5.11 Å². The highest BCUT2D eigenvalue weighted by atomic mass is 16.5. The van der Waals surface area contributed by atoms with E-state index in [0.29, 0.717) is 28.6 Å². The maximum absolute atomic E-state index is 10.5. The highest BCUT2D eigenvalue weighted by Crippen LogP contribution is 2.43. The topological polar surface area (TPSA) is 61.1 Å². The second-order valence-corrected chi connectivity index (χ2v) is 4.29. The van der Waals surface area contributed by atoms with Gasteiger partial charge in [0.2, 0.25) is 5.75 Å². The largest absolute Gasteiger partial charge is 0.493 e. The van der Waals surface area contributed by atoms with Crippen molar-refractivity contribution in [1.82, 2.24) is 0 Å². The number of methoxy groups -OCH3 is 3. The zero-order valence-corrected chi connectivity index (χ0v) is 12.0. The van der Waals surface area contributed by atoms with E-state index in [2.05, 4.69) is 0 Å². The highest BCUT2D eigenvalue weighted by Gasteiger charge is 2.24. The second-order valence-electron chi connectivity index (χ2n) is 4.29. The van der Waals surface area contributed by atoms with Crippen LogP contribution in [0.5, 0.6) is 17.2 Å². The van der Waals surface area contributed by atoms with Gasteiger partial charge in [-0.1, -0.05) is 0 Å². The van der Waals surface area contributed by atoms with Gasteiger partial charge in [0, 0.05) is 5.56 Å². The first-order valence-corrected chi connectivity index (χ1v) is 6.15. The first-order chi connectivity index (χ1) is 9.63. The summed E-state index contributed by atoms with van der Waals surface area (Å²) in [6, 6.07) is 5.25. The Hall–Kier alpha value is -2.14. The van der Waals surface area contributed by atoms with Gasteiger partial charge in [-0.05, 0) is 30.7 Å². The van der Waals surface area contributed by atoms with E-state index in [0.717, 1.165) is 5.56 Å². The van der Waals surface area contributed by atoms with Crippen LogP contribution in [0.4, 0.5) is 0 Å². The van der Waals surface area contributed by atoms with Crippen LogP contribution in [-0.2, 0) is 0 Å². The van der Waals surface area contributed by atoms with Crippen LogP contribution in [0.3, 0.4) is 0 Å². The van der Waals surface area contributed by atoms with Gasteiger partial charge in [0.1, 0.15) is 11.9 Å². The maximum atomic E-state index is 10.5. The molecular weight excluding hydrogens is 260 g/mol. The van der Waals surface area contributed by atoms with Gasteiger partial charge < -0.3 is 23.7 Å². The van der Waals surface area contributed by atoms with Gasteiger partial charge in [-0.15, -0.1) is 0 Å². The molecule has 0 aliphatic heterocycles. The van der Waals surface area contributed by atoms with E-state index in [1.807, 2.05) is 6.92 Å². The molecule has 1 unspecified atom stereocenters. The Morgan fingerprint density at radius 3 is 2.20 bits per heavy atom. The van der Waals surface area contributed by atoms with Crippen molar-refractivity contribution in [3.8, 4) is 17.2 Å². The van der Waals surface area contributed by atoms with Crippen molar-refractivity contribution >= 4 is 0 Å². The summed E-state index contributed by atoms with van der Waals surface area (Å²) >= 11 is 0. The van der Waals surface area contributed by atoms with Crippen molar-refractivity contribution in [2.75, 3.05) is 21.3 Å². The third-order valence-electron chi connectivity index (χ3n) is 3.18. The van der Waals surface area contributed by atoms with Crippen molar-refractivity contribution in [2.45, 2.75) is 13.0 Å². The van der Waals surface area contributed by atoms with Gasteiger partial charge in [-0.3, -0.25) is 0 Å². The molecule has 5 heteroatoms. The Morgan fingerprint density at radius 2 is 1.70 bits per heavy atom. The quantitative estimate of drug-likeness (QED) is 0.911. The molecule has 2 aromatic rings. The summed E-state index contributed by atoms with van der Waals surface area (Å²) in [6.45, 7) is 1.87. The molecule has 0 fully saturated rings. The van der Waals surface area contributed by atoms with E-state index < -0.39 is 6.10 Å². The Kier molecular flexibility index (Phi) is 4.20. The zero-order chi connectivity index (χ0) is 14.7. The maximum Gasteiger partial charge on any atom is 0.203 e. The molecule has 2 rings (SSSR count). The Morgan fingerprint density at radius 1 is 1.00 bits per heavy atom. The molecule has 0 saturated carbocycles. The number of rotatable bonds is 5. The van der Waals surface area contributed by atoms with Crippen LogP contribution in [0, 0.1) is 6.92 Å². The fourth-order valence-corrected chi connectivity index (χ4v) is 2.15. The fraction of sp³-hybridized carbons (Fsp3) is 0.333. The number of hydrogen-bond acceptors (Lipinski definition) is 5. The molecule has 0 radical (unpaired) electrons. The van der Waals surface area contributed by atoms with Gasteiger partial charge in [0.25, 0.3) is 0 Å². The minimum Gasteiger partial charge on any atom is -0.493 e. The summed E-state index contributed by atoms with van der Waals surface area (Å²) in [5.74, 6) is 1.89. The normalized spacial score (nSPS) is 12.1. The smallest absolute Gasteiger partial charge is 0.203 e. The molecule has 1 heterocycles. The van der Waals surface area contributed by atoms with Crippen molar-refractivity contribution in [2.24, 2.45) is 0 Å². The zero-order valence-electron chi connectivity index (χ0n) is 12.0. The van der Waals surface area contributed by atoms with Crippen LogP contribution in [0.2, 0.25) is 0 Å². The minimum absolute atomic E-state index is 0.426. The molecule has 1 N–H and O–H groups in total. The summed E-state index contributed by atoms with van der Waals surface area (Å²) in [7, 11) is 4.58. The number of ether oxygens (including phenoxy) is 3. The highest BCUT2D eigenvalue weighted by molar-refractivity contribution is 5.57.